The van der Waals surface area contributed by atoms with Crippen molar-refractivity contribution < 1.29 is 32.2 Å². The molecule has 0 amide bonds. The maximum Gasteiger partial charge on any atom is 0.497 e. The summed E-state index contributed by atoms with van der Waals surface area (Å²) in [6.45, 7) is 1.72. The molecule has 1 heterocycles. The summed E-state index contributed by atoms with van der Waals surface area (Å²) in [5, 5.41) is 0. The topological polar surface area (TPSA) is 35.5 Å². The van der Waals surface area contributed by atoms with Gasteiger partial charge in [0.1, 0.15) is 19.6 Å². The molecule has 19 heavy (non-hydrogen) atoms. The van der Waals surface area contributed by atoms with E-state index in [9.17, 15) is 18.0 Å². The summed E-state index contributed by atoms with van der Waals surface area (Å²) >= 11 is 0. The van der Waals surface area contributed by atoms with Crippen molar-refractivity contribution in [3.05, 3.63) is 0 Å². The van der Waals surface area contributed by atoms with Crippen molar-refractivity contribution in [3.63, 3.8) is 0 Å². The van der Waals surface area contributed by atoms with Crippen molar-refractivity contribution in [1.82, 2.24) is 0 Å². The van der Waals surface area contributed by atoms with Crippen LogP contribution in [0.5, 0.6) is 0 Å². The van der Waals surface area contributed by atoms with Gasteiger partial charge in [0.25, 0.3) is 0 Å². The number of likely N-dealkylation sites (tertiary alicyclic amines) is 1. The Hall–Kier alpha value is -0.820. The molecule has 1 aliphatic rings. The Labute approximate surface area is 111 Å². The van der Waals surface area contributed by atoms with Gasteiger partial charge < -0.3 is 4.74 Å². The average Bonchev–Trinajstić information content (AvgIpc) is 2.54. The van der Waals surface area contributed by atoms with E-state index < -0.39 is 12.1 Å². The van der Waals surface area contributed by atoms with Crippen LogP contribution in [0, 0.1) is 0 Å². The molecule has 0 aromatic rings. The quantitative estimate of drug-likeness (QED) is 0.574. The van der Waals surface area contributed by atoms with Crippen LogP contribution in [0.3, 0.4) is 0 Å². The highest BCUT2D eigenvalue weighted by Crippen LogP contribution is 2.25. The molecule has 1 aliphatic heterocycles. The number of hydroxylamine groups is 3. The van der Waals surface area contributed by atoms with E-state index in [1.165, 1.54) is 7.11 Å². The van der Waals surface area contributed by atoms with Crippen LogP contribution in [0.25, 0.3) is 0 Å². The molecule has 1 fully saturated rings. The molecule has 0 aromatic heterocycles. The van der Waals surface area contributed by atoms with Crippen molar-refractivity contribution >= 4 is 5.97 Å². The highest BCUT2D eigenvalue weighted by atomic mass is 19.4. The Morgan fingerprint density at radius 1 is 1.16 bits per heavy atom. The summed E-state index contributed by atoms with van der Waals surface area (Å²) in [6, 6.07) is 0. The highest BCUT2D eigenvalue weighted by Gasteiger charge is 2.47. The molecule has 112 valence electrons. The SMILES string of the molecule is COCCC[N+]1(OC(=O)C(F)(F)F)CCCCCC1. The summed E-state index contributed by atoms with van der Waals surface area (Å²) in [4.78, 5) is 15.9. The van der Waals surface area contributed by atoms with Crippen molar-refractivity contribution in [2.75, 3.05) is 33.4 Å². The summed E-state index contributed by atoms with van der Waals surface area (Å²) in [7, 11) is 1.54. The molecule has 1 rings (SSSR count). The zero-order chi connectivity index (χ0) is 14.4. The van der Waals surface area contributed by atoms with Crippen LogP contribution in [0.4, 0.5) is 13.2 Å². The second kappa shape index (κ2) is 7.09. The minimum atomic E-state index is -4.93. The van der Waals surface area contributed by atoms with E-state index in [1.54, 1.807) is 0 Å². The monoisotopic (exact) mass is 284 g/mol. The fourth-order valence-corrected chi connectivity index (χ4v) is 2.35. The van der Waals surface area contributed by atoms with Crippen LogP contribution < -0.4 is 0 Å². The number of alkyl halides is 3. The first-order valence-corrected chi connectivity index (χ1v) is 6.55. The Kier molecular flexibility index (Phi) is 6.06. The molecular weight excluding hydrogens is 263 g/mol. The van der Waals surface area contributed by atoms with E-state index in [0.29, 0.717) is 32.7 Å². The number of hydrogen-bond acceptors (Lipinski definition) is 3. The summed E-state index contributed by atoms with van der Waals surface area (Å²) in [5.41, 5.74) is 0. The standard InChI is InChI=1S/C12H21F3NO3/c1-18-10-6-9-16(7-4-2-3-5-8-16)19-11(17)12(13,14)15/h2-10H2,1H3/q+1. The zero-order valence-electron chi connectivity index (χ0n) is 11.2. The third-order valence-corrected chi connectivity index (χ3v) is 3.30. The van der Waals surface area contributed by atoms with Crippen LogP contribution >= 0.6 is 0 Å². The number of quaternary nitrogens is 1. The molecule has 0 saturated carbocycles. The van der Waals surface area contributed by atoms with Crippen LogP contribution in [-0.4, -0.2) is 50.1 Å². The predicted molar refractivity (Wildman–Crippen MR) is 62.0 cm³/mol. The average molecular weight is 284 g/mol. The first kappa shape index (κ1) is 16.2. The lowest BCUT2D eigenvalue weighted by atomic mass is 10.2. The lowest BCUT2D eigenvalue weighted by Gasteiger charge is -2.33. The van der Waals surface area contributed by atoms with Gasteiger partial charge in [0.2, 0.25) is 0 Å². The normalized spacial score (nSPS) is 19.8. The number of nitrogens with zero attached hydrogens (tertiary/aromatic N) is 1. The Morgan fingerprint density at radius 3 is 2.21 bits per heavy atom. The Morgan fingerprint density at radius 2 is 1.74 bits per heavy atom. The summed E-state index contributed by atoms with van der Waals surface area (Å²) in [5.74, 6) is -2.09. The van der Waals surface area contributed by atoms with Gasteiger partial charge in [-0.2, -0.15) is 13.2 Å². The number of ether oxygens (including phenoxy) is 1. The summed E-state index contributed by atoms with van der Waals surface area (Å²) < 4.78 is 41.8. The molecule has 0 bridgehead atoms. The van der Waals surface area contributed by atoms with Gasteiger partial charge in [-0.05, 0) is 12.8 Å². The molecule has 0 aromatic carbocycles. The first-order chi connectivity index (χ1) is 8.90. The van der Waals surface area contributed by atoms with E-state index in [2.05, 4.69) is 0 Å². The smallest absolute Gasteiger partial charge is 0.384 e. The lowest BCUT2D eigenvalue weighted by Crippen LogP contribution is -2.53. The molecule has 0 aliphatic carbocycles. The maximum atomic E-state index is 12.4. The largest absolute Gasteiger partial charge is 0.497 e. The highest BCUT2D eigenvalue weighted by molar-refractivity contribution is 5.74. The van der Waals surface area contributed by atoms with Gasteiger partial charge in [-0.25, -0.2) is 4.79 Å². The molecule has 1 saturated heterocycles. The molecule has 0 spiro atoms. The number of halogens is 3. The maximum absolute atomic E-state index is 12.4. The van der Waals surface area contributed by atoms with Gasteiger partial charge in [0, 0.05) is 26.4 Å². The van der Waals surface area contributed by atoms with Gasteiger partial charge in [-0.1, -0.05) is 0 Å². The van der Waals surface area contributed by atoms with E-state index in [1.807, 2.05) is 0 Å². The Bertz CT molecular complexity index is 286. The van der Waals surface area contributed by atoms with Crippen LogP contribution in [-0.2, 0) is 14.4 Å². The second-order valence-corrected chi connectivity index (χ2v) is 4.87. The summed E-state index contributed by atoms with van der Waals surface area (Å²) in [6.07, 6.45) is -0.877. The van der Waals surface area contributed by atoms with E-state index >= 15 is 0 Å². The molecule has 4 nitrogen and oxygen atoms in total. The van der Waals surface area contributed by atoms with Gasteiger partial charge in [-0.3, -0.25) is 4.84 Å². The zero-order valence-corrected chi connectivity index (χ0v) is 11.2. The number of rotatable bonds is 5. The molecule has 0 atom stereocenters. The first-order valence-electron chi connectivity index (χ1n) is 6.55. The molecule has 7 heteroatoms. The number of carbonyl (C=O) groups is 1. The molecule has 0 unspecified atom stereocenters. The van der Waals surface area contributed by atoms with Gasteiger partial charge >= 0.3 is 12.1 Å². The fraction of sp³-hybridized carbons (Fsp3) is 0.917. The Balaban J connectivity index is 2.69. The number of carbonyl (C=O) groups excluding carboxylic acids is 1. The van der Waals surface area contributed by atoms with Crippen LogP contribution in [0.2, 0.25) is 0 Å². The number of hydrogen-bond donors (Lipinski definition) is 0. The van der Waals surface area contributed by atoms with Crippen LogP contribution in [0.15, 0.2) is 0 Å². The van der Waals surface area contributed by atoms with E-state index in [0.717, 1.165) is 25.7 Å². The fourth-order valence-electron chi connectivity index (χ4n) is 2.35. The van der Waals surface area contributed by atoms with Crippen molar-refractivity contribution in [2.24, 2.45) is 0 Å². The lowest BCUT2D eigenvalue weighted by molar-refractivity contribution is -1.09. The van der Waals surface area contributed by atoms with Gasteiger partial charge in [-0.15, -0.1) is 4.65 Å². The second-order valence-electron chi connectivity index (χ2n) is 4.87. The molecule has 0 N–H and O–H groups in total. The van der Waals surface area contributed by atoms with Gasteiger partial charge in [0.15, 0.2) is 0 Å². The van der Waals surface area contributed by atoms with Gasteiger partial charge in [0.05, 0.1) is 6.61 Å². The molecule has 0 radical (unpaired) electrons. The predicted octanol–water partition coefficient (Wildman–Crippen LogP) is 2.43. The third kappa shape index (κ3) is 5.36. The van der Waals surface area contributed by atoms with E-state index in [4.69, 9.17) is 9.57 Å². The minimum Gasteiger partial charge on any atom is -0.384 e. The minimum absolute atomic E-state index is 0.221. The van der Waals surface area contributed by atoms with Crippen molar-refractivity contribution in [2.45, 2.75) is 38.3 Å². The third-order valence-electron chi connectivity index (χ3n) is 3.30. The molecular formula is C12H21F3NO3+. The van der Waals surface area contributed by atoms with Crippen molar-refractivity contribution in [3.8, 4) is 0 Å². The van der Waals surface area contributed by atoms with Crippen molar-refractivity contribution in [1.29, 1.82) is 0 Å². The van der Waals surface area contributed by atoms with Crippen LogP contribution in [0.1, 0.15) is 32.1 Å². The number of methoxy groups -OCH3 is 1. The van der Waals surface area contributed by atoms with E-state index in [-0.39, 0.29) is 4.65 Å².